The number of nitrogens with zero attached hydrogens (tertiary/aromatic N) is 3. The van der Waals surface area contributed by atoms with Crippen LogP contribution in [0, 0.1) is 0 Å². The lowest BCUT2D eigenvalue weighted by molar-refractivity contribution is -0.143. The van der Waals surface area contributed by atoms with Gasteiger partial charge in [-0.15, -0.1) is 0 Å². The molecule has 0 bridgehead atoms. The van der Waals surface area contributed by atoms with E-state index in [1.54, 1.807) is 12.1 Å². The van der Waals surface area contributed by atoms with Crippen LogP contribution in [0.4, 0.5) is 32.3 Å². The normalized spacial score (nSPS) is 11.9. The van der Waals surface area contributed by atoms with E-state index in [0.29, 0.717) is 23.4 Å². The van der Waals surface area contributed by atoms with Crippen molar-refractivity contribution in [2.45, 2.75) is 12.4 Å². The summed E-state index contributed by atoms with van der Waals surface area (Å²) in [6.07, 6.45) is -5.84. The first-order chi connectivity index (χ1) is 13.5. The van der Waals surface area contributed by atoms with E-state index in [1.807, 2.05) is 0 Å². The minimum atomic E-state index is -5.06. The second kappa shape index (κ2) is 7.49. The van der Waals surface area contributed by atoms with Crippen LogP contribution in [0.1, 0.15) is 21.5 Å². The molecule has 0 spiro atoms. The average molecular weight is 412 g/mol. The first-order valence-corrected chi connectivity index (χ1v) is 7.88. The summed E-state index contributed by atoms with van der Waals surface area (Å²) < 4.78 is 77.6. The number of nitrogens with one attached hydrogen (secondary N) is 1. The molecule has 0 fully saturated rings. The predicted molar refractivity (Wildman–Crippen MR) is 89.7 cm³/mol. The molecule has 29 heavy (non-hydrogen) atoms. The second-order valence-electron chi connectivity index (χ2n) is 5.76. The molecular weight excluding hydrogens is 402 g/mol. The van der Waals surface area contributed by atoms with Crippen LogP contribution in [0.25, 0.3) is 11.3 Å². The van der Waals surface area contributed by atoms with Crippen molar-refractivity contribution in [3.05, 3.63) is 71.7 Å². The highest BCUT2D eigenvalue weighted by Crippen LogP contribution is 2.36. The van der Waals surface area contributed by atoms with Gasteiger partial charge in [-0.05, 0) is 36.4 Å². The molecule has 2 aromatic heterocycles. The molecule has 1 aromatic carbocycles. The summed E-state index contributed by atoms with van der Waals surface area (Å²) in [6.45, 7) is 0. The predicted octanol–water partition coefficient (Wildman–Crippen LogP) is 4.83. The van der Waals surface area contributed by atoms with Gasteiger partial charge in [0.25, 0.3) is 5.91 Å². The van der Waals surface area contributed by atoms with Crippen molar-refractivity contribution in [1.82, 2.24) is 15.0 Å². The third kappa shape index (κ3) is 4.86. The summed E-state index contributed by atoms with van der Waals surface area (Å²) >= 11 is 0. The minimum Gasteiger partial charge on any atom is -0.290 e. The first-order valence-electron chi connectivity index (χ1n) is 7.88. The van der Waals surface area contributed by atoms with Crippen molar-refractivity contribution < 1.29 is 31.1 Å². The Kier molecular flexibility index (Phi) is 5.23. The number of aromatic nitrogens is 3. The van der Waals surface area contributed by atoms with Crippen molar-refractivity contribution in [2.75, 3.05) is 5.32 Å². The van der Waals surface area contributed by atoms with Crippen molar-refractivity contribution in [2.24, 2.45) is 0 Å². The summed E-state index contributed by atoms with van der Waals surface area (Å²) in [5.74, 6) is -1.51. The molecule has 0 aliphatic rings. The van der Waals surface area contributed by atoms with Gasteiger partial charge in [-0.3, -0.25) is 15.1 Å². The highest BCUT2D eigenvalue weighted by molar-refractivity contribution is 6.03. The van der Waals surface area contributed by atoms with Crippen LogP contribution in [0.3, 0.4) is 0 Å². The van der Waals surface area contributed by atoms with E-state index in [2.05, 4.69) is 20.3 Å². The fourth-order valence-electron chi connectivity index (χ4n) is 2.35. The highest BCUT2D eigenvalue weighted by Gasteiger charge is 2.37. The van der Waals surface area contributed by atoms with E-state index in [4.69, 9.17) is 0 Å². The molecular formula is C18H10F6N4O. The summed E-state index contributed by atoms with van der Waals surface area (Å²) in [6, 6.07) is 5.40. The molecule has 0 saturated carbocycles. The number of hydrogen-bond donors (Lipinski definition) is 1. The topological polar surface area (TPSA) is 67.8 Å². The molecule has 5 nitrogen and oxygen atoms in total. The third-order valence-electron chi connectivity index (χ3n) is 3.69. The summed E-state index contributed by atoms with van der Waals surface area (Å²) in [4.78, 5) is 24.0. The number of halogens is 6. The Hall–Kier alpha value is -3.50. The van der Waals surface area contributed by atoms with E-state index >= 15 is 0 Å². The number of benzene rings is 1. The Labute approximate surface area is 159 Å². The SMILES string of the molecule is O=C(Nc1nccc(-c2cccnc2)n1)c1cc(C(F)(F)F)cc(C(F)(F)F)c1. The van der Waals surface area contributed by atoms with Crippen LogP contribution >= 0.6 is 0 Å². The van der Waals surface area contributed by atoms with Gasteiger partial charge in [-0.2, -0.15) is 26.3 Å². The molecule has 2 heterocycles. The second-order valence-corrected chi connectivity index (χ2v) is 5.76. The van der Waals surface area contributed by atoms with Crippen LogP contribution < -0.4 is 5.32 Å². The molecule has 0 aliphatic carbocycles. The number of amides is 1. The Morgan fingerprint density at radius 2 is 1.55 bits per heavy atom. The third-order valence-corrected chi connectivity index (χ3v) is 3.69. The van der Waals surface area contributed by atoms with Gasteiger partial charge in [0.1, 0.15) is 0 Å². The lowest BCUT2D eigenvalue weighted by atomic mass is 10.0. The van der Waals surface area contributed by atoms with Gasteiger partial charge in [-0.1, -0.05) is 0 Å². The zero-order valence-corrected chi connectivity index (χ0v) is 14.2. The number of carbonyl (C=O) groups is 1. The van der Waals surface area contributed by atoms with E-state index in [-0.39, 0.29) is 12.0 Å². The number of anilines is 1. The highest BCUT2D eigenvalue weighted by atomic mass is 19.4. The summed E-state index contributed by atoms with van der Waals surface area (Å²) in [5, 5.41) is 2.11. The van der Waals surface area contributed by atoms with E-state index < -0.39 is 35.0 Å². The van der Waals surface area contributed by atoms with Crippen molar-refractivity contribution in [3.63, 3.8) is 0 Å². The average Bonchev–Trinajstić information content (AvgIpc) is 2.67. The molecule has 0 atom stereocenters. The minimum absolute atomic E-state index is 0.0592. The first kappa shape index (κ1) is 20.2. The number of hydrogen-bond acceptors (Lipinski definition) is 4. The van der Waals surface area contributed by atoms with Crippen LogP contribution in [-0.4, -0.2) is 20.9 Å². The monoisotopic (exact) mass is 412 g/mol. The molecule has 1 amide bonds. The molecule has 0 unspecified atom stereocenters. The smallest absolute Gasteiger partial charge is 0.290 e. The fourth-order valence-corrected chi connectivity index (χ4v) is 2.35. The van der Waals surface area contributed by atoms with Gasteiger partial charge < -0.3 is 0 Å². The molecule has 3 rings (SSSR count). The van der Waals surface area contributed by atoms with E-state index in [1.165, 1.54) is 24.7 Å². The van der Waals surface area contributed by atoms with Gasteiger partial charge >= 0.3 is 12.4 Å². The molecule has 150 valence electrons. The Morgan fingerprint density at radius 1 is 0.897 bits per heavy atom. The van der Waals surface area contributed by atoms with Gasteiger partial charge in [-0.25, -0.2) is 9.97 Å². The summed E-state index contributed by atoms with van der Waals surface area (Å²) in [5.41, 5.74) is -3.10. The van der Waals surface area contributed by atoms with Crippen molar-refractivity contribution in [3.8, 4) is 11.3 Å². The van der Waals surface area contributed by atoms with Gasteiger partial charge in [0.2, 0.25) is 5.95 Å². The Morgan fingerprint density at radius 3 is 2.10 bits per heavy atom. The largest absolute Gasteiger partial charge is 0.416 e. The zero-order chi connectivity index (χ0) is 21.2. The Balaban J connectivity index is 1.93. The van der Waals surface area contributed by atoms with E-state index in [9.17, 15) is 31.1 Å². The zero-order valence-electron chi connectivity index (χ0n) is 14.2. The number of pyridine rings is 1. The van der Waals surface area contributed by atoms with Crippen LogP contribution in [0.5, 0.6) is 0 Å². The molecule has 11 heteroatoms. The number of rotatable bonds is 3. The van der Waals surface area contributed by atoms with Crippen molar-refractivity contribution in [1.29, 1.82) is 0 Å². The number of alkyl halides is 6. The number of carbonyl (C=O) groups excluding carboxylic acids is 1. The quantitative estimate of drug-likeness (QED) is 0.626. The molecule has 1 N–H and O–H groups in total. The standard InChI is InChI=1S/C18H10F6N4O/c19-17(20,21)12-6-11(7-13(8-12)18(22,23)24)15(29)28-16-26-5-3-14(27-16)10-2-1-4-25-9-10/h1-9H,(H,26,27,28,29). The molecule has 3 aromatic rings. The maximum Gasteiger partial charge on any atom is 0.416 e. The van der Waals surface area contributed by atoms with Crippen LogP contribution in [-0.2, 0) is 12.4 Å². The van der Waals surface area contributed by atoms with Crippen LogP contribution in [0.2, 0.25) is 0 Å². The van der Waals surface area contributed by atoms with Crippen molar-refractivity contribution >= 4 is 11.9 Å². The molecule has 0 radical (unpaired) electrons. The molecule has 0 saturated heterocycles. The maximum atomic E-state index is 12.9. The van der Waals surface area contributed by atoms with Gasteiger partial charge in [0.05, 0.1) is 16.8 Å². The summed E-state index contributed by atoms with van der Waals surface area (Å²) in [7, 11) is 0. The lowest BCUT2D eigenvalue weighted by Gasteiger charge is -2.14. The van der Waals surface area contributed by atoms with Gasteiger partial charge in [0, 0.05) is 29.7 Å². The Bertz CT molecular complexity index is 1000. The van der Waals surface area contributed by atoms with Gasteiger partial charge in [0.15, 0.2) is 0 Å². The molecule has 0 aliphatic heterocycles. The lowest BCUT2D eigenvalue weighted by Crippen LogP contribution is -2.18. The van der Waals surface area contributed by atoms with Crippen LogP contribution in [0.15, 0.2) is 55.0 Å². The fraction of sp³-hybridized carbons (Fsp3) is 0.111. The van der Waals surface area contributed by atoms with E-state index in [0.717, 1.165) is 0 Å². The maximum absolute atomic E-state index is 12.9.